The molecule has 2 fully saturated rings. The SMILES string of the molecule is CC(C)C(=O)NCc1ccc(F)c(C2NC(=O)CC(c3ccc(C#CC4CC4)nc3)N2)c1F. The Morgan fingerprint density at radius 3 is 2.70 bits per heavy atom. The molecule has 1 aromatic carbocycles. The van der Waals surface area contributed by atoms with E-state index in [2.05, 4.69) is 32.8 Å². The number of benzene rings is 1. The molecule has 172 valence electrons. The van der Waals surface area contributed by atoms with Crippen molar-refractivity contribution in [2.45, 2.75) is 51.9 Å². The molecule has 1 saturated carbocycles. The molecule has 8 heteroatoms. The number of carbonyl (C=O) groups is 2. The zero-order valence-corrected chi connectivity index (χ0v) is 18.5. The zero-order chi connectivity index (χ0) is 23.5. The number of aromatic nitrogens is 1. The van der Waals surface area contributed by atoms with Crippen LogP contribution in [0.15, 0.2) is 30.5 Å². The Balaban J connectivity index is 1.53. The van der Waals surface area contributed by atoms with Gasteiger partial charge in [0.05, 0.1) is 5.56 Å². The summed E-state index contributed by atoms with van der Waals surface area (Å²) in [5.74, 6) is 4.24. The minimum Gasteiger partial charge on any atom is -0.352 e. The van der Waals surface area contributed by atoms with Crippen LogP contribution in [-0.2, 0) is 16.1 Å². The van der Waals surface area contributed by atoms with Crippen LogP contribution in [0.4, 0.5) is 8.78 Å². The average molecular weight is 453 g/mol. The Labute approximate surface area is 191 Å². The first kappa shape index (κ1) is 22.9. The van der Waals surface area contributed by atoms with Crippen LogP contribution in [0.25, 0.3) is 0 Å². The molecule has 2 unspecified atom stereocenters. The topological polar surface area (TPSA) is 83.1 Å². The van der Waals surface area contributed by atoms with Gasteiger partial charge in [0.2, 0.25) is 11.8 Å². The van der Waals surface area contributed by atoms with Crippen LogP contribution in [0, 0.1) is 35.3 Å². The van der Waals surface area contributed by atoms with Gasteiger partial charge in [-0.3, -0.25) is 14.9 Å². The van der Waals surface area contributed by atoms with Crippen LogP contribution in [0.5, 0.6) is 0 Å². The number of hydrogen-bond donors (Lipinski definition) is 3. The summed E-state index contributed by atoms with van der Waals surface area (Å²) in [6.45, 7) is 3.38. The van der Waals surface area contributed by atoms with Gasteiger partial charge < -0.3 is 10.6 Å². The van der Waals surface area contributed by atoms with Crippen LogP contribution >= 0.6 is 0 Å². The Morgan fingerprint density at radius 2 is 2.03 bits per heavy atom. The van der Waals surface area contributed by atoms with Crippen LogP contribution in [0.1, 0.15) is 67.7 Å². The van der Waals surface area contributed by atoms with E-state index in [1.54, 1.807) is 26.1 Å². The maximum absolute atomic E-state index is 15.2. The monoisotopic (exact) mass is 452 g/mol. The molecular weight excluding hydrogens is 426 g/mol. The molecule has 4 rings (SSSR count). The maximum Gasteiger partial charge on any atom is 0.223 e. The van der Waals surface area contributed by atoms with Crippen LogP contribution in [0.3, 0.4) is 0 Å². The van der Waals surface area contributed by atoms with Crippen molar-refractivity contribution in [3.63, 3.8) is 0 Å². The van der Waals surface area contributed by atoms with Gasteiger partial charge in [0.1, 0.15) is 23.5 Å². The van der Waals surface area contributed by atoms with E-state index < -0.39 is 23.8 Å². The van der Waals surface area contributed by atoms with Crippen molar-refractivity contribution in [3.05, 3.63) is 64.5 Å². The predicted octanol–water partition coefficient (Wildman–Crippen LogP) is 3.24. The van der Waals surface area contributed by atoms with Gasteiger partial charge in [0.25, 0.3) is 0 Å². The Bertz CT molecular complexity index is 1120. The third-order valence-electron chi connectivity index (χ3n) is 5.71. The Hall–Kier alpha value is -3.31. The molecule has 6 nitrogen and oxygen atoms in total. The van der Waals surface area contributed by atoms with Gasteiger partial charge in [0, 0.05) is 42.6 Å². The summed E-state index contributed by atoms with van der Waals surface area (Å²) in [7, 11) is 0. The number of amides is 2. The van der Waals surface area contributed by atoms with E-state index in [9.17, 15) is 14.0 Å². The highest BCUT2D eigenvalue weighted by atomic mass is 19.1. The lowest BCUT2D eigenvalue weighted by Gasteiger charge is -2.32. The molecule has 1 aliphatic carbocycles. The summed E-state index contributed by atoms with van der Waals surface area (Å²) >= 11 is 0. The summed E-state index contributed by atoms with van der Waals surface area (Å²) < 4.78 is 29.9. The standard InChI is InChI=1S/C25H26F2N4O2/c1-14(2)25(33)29-13-17-7-10-19(26)22(23(17)27)24-30-20(11-21(32)31-24)16-6-9-18(28-12-16)8-5-15-3-4-15/h6-7,9-10,12,14-15,20,24,30H,3-4,11,13H2,1-2H3,(H,29,33)(H,31,32). The van der Waals surface area contributed by atoms with Gasteiger partial charge in [0.15, 0.2) is 0 Å². The molecule has 2 aromatic rings. The third kappa shape index (κ3) is 5.55. The fourth-order valence-corrected chi connectivity index (χ4v) is 3.57. The van der Waals surface area contributed by atoms with Crippen molar-refractivity contribution < 1.29 is 18.4 Å². The highest BCUT2D eigenvalue weighted by Gasteiger charge is 2.32. The molecule has 2 amide bonds. The highest BCUT2D eigenvalue weighted by Crippen LogP contribution is 2.30. The van der Waals surface area contributed by atoms with Crippen LogP contribution in [-0.4, -0.2) is 16.8 Å². The van der Waals surface area contributed by atoms with Crippen molar-refractivity contribution in [3.8, 4) is 11.8 Å². The lowest BCUT2D eigenvalue weighted by Crippen LogP contribution is -2.47. The van der Waals surface area contributed by atoms with E-state index in [-0.39, 0.29) is 41.8 Å². The summed E-state index contributed by atoms with van der Waals surface area (Å²) in [5.41, 5.74) is 1.23. The minimum atomic E-state index is -1.06. The number of hydrogen-bond acceptors (Lipinski definition) is 4. The van der Waals surface area contributed by atoms with E-state index in [1.807, 2.05) is 6.07 Å². The first-order valence-corrected chi connectivity index (χ1v) is 11.1. The lowest BCUT2D eigenvalue weighted by atomic mass is 9.98. The second-order valence-corrected chi connectivity index (χ2v) is 8.75. The molecule has 1 aromatic heterocycles. The minimum absolute atomic E-state index is 0.0759. The molecule has 0 bridgehead atoms. The third-order valence-corrected chi connectivity index (χ3v) is 5.71. The largest absolute Gasteiger partial charge is 0.352 e. The molecule has 0 radical (unpaired) electrons. The summed E-state index contributed by atoms with van der Waals surface area (Å²) in [5, 5.41) is 8.36. The van der Waals surface area contributed by atoms with E-state index in [0.717, 1.165) is 24.5 Å². The molecular formula is C25H26F2N4O2. The van der Waals surface area contributed by atoms with E-state index in [0.29, 0.717) is 11.6 Å². The van der Waals surface area contributed by atoms with Gasteiger partial charge in [-0.15, -0.1) is 0 Å². The predicted molar refractivity (Wildman–Crippen MR) is 118 cm³/mol. The fraction of sp³-hybridized carbons (Fsp3) is 0.400. The van der Waals surface area contributed by atoms with Gasteiger partial charge >= 0.3 is 0 Å². The number of nitrogens with zero attached hydrogens (tertiary/aromatic N) is 1. The molecule has 1 aliphatic heterocycles. The summed E-state index contributed by atoms with van der Waals surface area (Å²) in [6.07, 6.45) is 2.94. The second kappa shape index (κ2) is 9.67. The van der Waals surface area contributed by atoms with Crippen molar-refractivity contribution in [1.29, 1.82) is 0 Å². The molecule has 2 atom stereocenters. The first-order valence-electron chi connectivity index (χ1n) is 11.1. The maximum atomic E-state index is 15.2. The number of rotatable bonds is 5. The number of halogens is 2. The van der Waals surface area contributed by atoms with Gasteiger partial charge in [-0.25, -0.2) is 13.8 Å². The second-order valence-electron chi connectivity index (χ2n) is 8.75. The van der Waals surface area contributed by atoms with Gasteiger partial charge in [-0.1, -0.05) is 31.9 Å². The van der Waals surface area contributed by atoms with Gasteiger partial charge in [-0.05, 0) is 36.5 Å². The number of pyridine rings is 1. The molecule has 3 N–H and O–H groups in total. The molecule has 0 spiro atoms. The normalized spacial score (nSPS) is 20.1. The zero-order valence-electron chi connectivity index (χ0n) is 18.5. The van der Waals surface area contributed by atoms with Crippen molar-refractivity contribution in [2.75, 3.05) is 0 Å². The fourth-order valence-electron chi connectivity index (χ4n) is 3.57. The van der Waals surface area contributed by atoms with Gasteiger partial charge in [-0.2, -0.15) is 0 Å². The molecule has 1 saturated heterocycles. The van der Waals surface area contributed by atoms with E-state index in [4.69, 9.17) is 0 Å². The summed E-state index contributed by atoms with van der Waals surface area (Å²) in [6, 6.07) is 5.57. The average Bonchev–Trinajstić information content (AvgIpc) is 3.61. The van der Waals surface area contributed by atoms with E-state index in [1.165, 1.54) is 6.07 Å². The molecule has 2 heterocycles. The highest BCUT2D eigenvalue weighted by molar-refractivity contribution is 5.78. The summed E-state index contributed by atoms with van der Waals surface area (Å²) in [4.78, 5) is 28.6. The number of carbonyl (C=O) groups excluding carboxylic acids is 2. The molecule has 2 aliphatic rings. The van der Waals surface area contributed by atoms with Crippen molar-refractivity contribution >= 4 is 11.8 Å². The van der Waals surface area contributed by atoms with Crippen molar-refractivity contribution in [2.24, 2.45) is 11.8 Å². The smallest absolute Gasteiger partial charge is 0.223 e. The lowest BCUT2D eigenvalue weighted by molar-refractivity contribution is -0.125. The van der Waals surface area contributed by atoms with Crippen molar-refractivity contribution in [1.82, 2.24) is 20.9 Å². The molecule has 33 heavy (non-hydrogen) atoms. The first-order chi connectivity index (χ1) is 15.8. The van der Waals surface area contributed by atoms with Crippen LogP contribution in [0.2, 0.25) is 0 Å². The van der Waals surface area contributed by atoms with Crippen LogP contribution < -0.4 is 16.0 Å². The Morgan fingerprint density at radius 1 is 1.24 bits per heavy atom. The Kier molecular flexibility index (Phi) is 6.70. The quantitative estimate of drug-likeness (QED) is 0.609. The number of nitrogens with one attached hydrogen (secondary N) is 3. The van der Waals surface area contributed by atoms with E-state index >= 15 is 4.39 Å².